The molecule has 0 N–H and O–H groups in total. The summed E-state index contributed by atoms with van der Waals surface area (Å²) in [6.45, 7) is 2.08. The van der Waals surface area contributed by atoms with Crippen LogP contribution < -0.4 is 0 Å². The normalized spacial score (nSPS) is 10.4. The Labute approximate surface area is 92.6 Å². The van der Waals surface area contributed by atoms with E-state index in [1.165, 1.54) is 12.1 Å². The Morgan fingerprint density at radius 1 is 1.19 bits per heavy atom. The van der Waals surface area contributed by atoms with Gasteiger partial charge in [-0.15, -0.1) is 0 Å². The highest BCUT2D eigenvalue weighted by atomic mass is 19.1. The molecule has 82 valence electrons. The van der Waals surface area contributed by atoms with Crippen molar-refractivity contribution in [1.82, 2.24) is 0 Å². The lowest BCUT2D eigenvalue weighted by Gasteiger charge is -2.03. The van der Waals surface area contributed by atoms with Crippen LogP contribution in [0.15, 0.2) is 36.4 Å². The molecule has 0 fully saturated rings. The summed E-state index contributed by atoms with van der Waals surface area (Å²) < 4.78 is 17.9. The first-order valence-corrected chi connectivity index (χ1v) is 5.07. The van der Waals surface area contributed by atoms with Gasteiger partial charge in [-0.2, -0.15) is 0 Å². The molecule has 2 aromatic carbocycles. The van der Waals surface area contributed by atoms with Gasteiger partial charge in [0.1, 0.15) is 5.82 Å². The molecule has 2 rings (SSSR count). The highest BCUT2D eigenvalue weighted by Crippen LogP contribution is 2.17. The van der Waals surface area contributed by atoms with Crippen molar-refractivity contribution in [2.75, 3.05) is 6.61 Å². The molecule has 0 radical (unpaired) electrons. The number of carbonyl (C=O) groups is 1. The van der Waals surface area contributed by atoms with E-state index in [1.54, 1.807) is 31.2 Å². The number of halogens is 1. The topological polar surface area (TPSA) is 26.3 Å². The molecule has 0 amide bonds. The molecular weight excluding hydrogens is 207 g/mol. The summed E-state index contributed by atoms with van der Waals surface area (Å²) in [5.74, 6) is -0.692. The van der Waals surface area contributed by atoms with Crippen LogP contribution in [0.3, 0.4) is 0 Å². The van der Waals surface area contributed by atoms with Crippen LogP contribution in [0, 0.1) is 5.82 Å². The van der Waals surface area contributed by atoms with Crippen LogP contribution in [0.5, 0.6) is 0 Å². The van der Waals surface area contributed by atoms with E-state index < -0.39 is 0 Å². The van der Waals surface area contributed by atoms with Gasteiger partial charge < -0.3 is 4.74 Å². The van der Waals surface area contributed by atoms with E-state index in [0.29, 0.717) is 17.6 Å². The van der Waals surface area contributed by atoms with E-state index in [9.17, 15) is 9.18 Å². The zero-order valence-electron chi connectivity index (χ0n) is 8.87. The first-order valence-electron chi connectivity index (χ1n) is 5.07. The van der Waals surface area contributed by atoms with Gasteiger partial charge in [-0.05, 0) is 42.0 Å². The van der Waals surface area contributed by atoms with Gasteiger partial charge in [-0.25, -0.2) is 9.18 Å². The van der Waals surface area contributed by atoms with Crippen LogP contribution in [-0.4, -0.2) is 12.6 Å². The fourth-order valence-corrected chi connectivity index (χ4v) is 1.56. The van der Waals surface area contributed by atoms with Crippen molar-refractivity contribution in [2.24, 2.45) is 0 Å². The standard InChI is InChI=1S/C13H11FO2/c1-2-16-13(15)10-4-3-9-5-6-12(14)8-11(9)7-10/h3-8H,2H2,1H3. The Bertz CT molecular complexity index is 534. The summed E-state index contributed by atoms with van der Waals surface area (Å²) in [6.07, 6.45) is 0. The molecule has 2 nitrogen and oxygen atoms in total. The van der Waals surface area contributed by atoms with E-state index >= 15 is 0 Å². The summed E-state index contributed by atoms with van der Waals surface area (Å²) in [6, 6.07) is 9.57. The number of fused-ring (bicyclic) bond motifs is 1. The lowest BCUT2D eigenvalue weighted by molar-refractivity contribution is 0.0526. The number of esters is 1. The fourth-order valence-electron chi connectivity index (χ4n) is 1.56. The molecule has 0 aromatic heterocycles. The van der Waals surface area contributed by atoms with E-state index in [0.717, 1.165) is 5.39 Å². The molecule has 0 unspecified atom stereocenters. The second kappa shape index (κ2) is 4.31. The van der Waals surface area contributed by atoms with Crippen LogP contribution >= 0.6 is 0 Å². The van der Waals surface area contributed by atoms with Crippen molar-refractivity contribution in [3.05, 3.63) is 47.8 Å². The second-order valence-corrected chi connectivity index (χ2v) is 3.43. The third-order valence-corrected chi connectivity index (χ3v) is 2.31. The third kappa shape index (κ3) is 2.03. The van der Waals surface area contributed by atoms with Gasteiger partial charge in [-0.1, -0.05) is 12.1 Å². The summed E-state index contributed by atoms with van der Waals surface area (Å²) in [7, 11) is 0. The van der Waals surface area contributed by atoms with Gasteiger partial charge in [0.25, 0.3) is 0 Å². The van der Waals surface area contributed by atoms with Crippen molar-refractivity contribution in [2.45, 2.75) is 6.92 Å². The zero-order chi connectivity index (χ0) is 11.5. The maximum Gasteiger partial charge on any atom is 0.338 e. The average Bonchev–Trinajstić information content (AvgIpc) is 2.28. The van der Waals surface area contributed by atoms with E-state index in [1.807, 2.05) is 0 Å². The molecular formula is C13H11FO2. The lowest BCUT2D eigenvalue weighted by atomic mass is 10.1. The fraction of sp³-hybridized carbons (Fsp3) is 0.154. The predicted octanol–water partition coefficient (Wildman–Crippen LogP) is 3.16. The Balaban J connectivity index is 2.46. The van der Waals surface area contributed by atoms with Crippen molar-refractivity contribution in [3.8, 4) is 0 Å². The molecule has 0 heterocycles. The van der Waals surface area contributed by atoms with Crippen molar-refractivity contribution >= 4 is 16.7 Å². The summed E-state index contributed by atoms with van der Waals surface area (Å²) in [5.41, 5.74) is 0.444. The van der Waals surface area contributed by atoms with E-state index in [-0.39, 0.29) is 11.8 Å². The van der Waals surface area contributed by atoms with Gasteiger partial charge in [-0.3, -0.25) is 0 Å². The van der Waals surface area contributed by atoms with E-state index in [4.69, 9.17) is 4.74 Å². The maximum absolute atomic E-state index is 13.0. The molecule has 0 saturated heterocycles. The first-order chi connectivity index (χ1) is 7.70. The zero-order valence-corrected chi connectivity index (χ0v) is 8.87. The summed E-state index contributed by atoms with van der Waals surface area (Å²) in [4.78, 5) is 11.5. The van der Waals surface area contributed by atoms with Crippen molar-refractivity contribution < 1.29 is 13.9 Å². The highest BCUT2D eigenvalue weighted by molar-refractivity contribution is 5.95. The monoisotopic (exact) mass is 218 g/mol. The smallest absolute Gasteiger partial charge is 0.338 e. The van der Waals surface area contributed by atoms with Crippen LogP contribution in [-0.2, 0) is 4.74 Å². The number of rotatable bonds is 2. The minimum atomic E-state index is -0.381. The number of benzene rings is 2. The van der Waals surface area contributed by atoms with Crippen molar-refractivity contribution in [1.29, 1.82) is 0 Å². The Kier molecular flexibility index (Phi) is 2.86. The summed E-state index contributed by atoms with van der Waals surface area (Å²) >= 11 is 0. The summed E-state index contributed by atoms with van der Waals surface area (Å²) in [5, 5.41) is 1.60. The molecule has 3 heteroatoms. The van der Waals surface area contributed by atoms with Gasteiger partial charge in [0.15, 0.2) is 0 Å². The third-order valence-electron chi connectivity index (χ3n) is 2.31. The predicted molar refractivity (Wildman–Crippen MR) is 59.9 cm³/mol. The van der Waals surface area contributed by atoms with Crippen molar-refractivity contribution in [3.63, 3.8) is 0 Å². The van der Waals surface area contributed by atoms with E-state index in [2.05, 4.69) is 0 Å². The molecule has 0 saturated carbocycles. The van der Waals surface area contributed by atoms with Crippen LogP contribution in [0.25, 0.3) is 10.8 Å². The Hall–Kier alpha value is -1.90. The molecule has 0 aliphatic rings. The molecule has 0 aliphatic carbocycles. The van der Waals surface area contributed by atoms with Crippen LogP contribution in [0.4, 0.5) is 4.39 Å². The average molecular weight is 218 g/mol. The second-order valence-electron chi connectivity index (χ2n) is 3.43. The quantitative estimate of drug-likeness (QED) is 0.724. The molecule has 0 spiro atoms. The molecule has 16 heavy (non-hydrogen) atoms. The molecule has 0 atom stereocenters. The minimum absolute atomic E-state index is 0.312. The number of carbonyl (C=O) groups excluding carboxylic acids is 1. The van der Waals surface area contributed by atoms with Gasteiger partial charge in [0.2, 0.25) is 0 Å². The molecule has 2 aromatic rings. The minimum Gasteiger partial charge on any atom is -0.462 e. The Morgan fingerprint density at radius 2 is 1.94 bits per heavy atom. The number of ether oxygens (including phenoxy) is 1. The van der Waals surface area contributed by atoms with Crippen LogP contribution in [0.2, 0.25) is 0 Å². The Morgan fingerprint density at radius 3 is 2.69 bits per heavy atom. The van der Waals surface area contributed by atoms with Gasteiger partial charge in [0.05, 0.1) is 12.2 Å². The number of hydrogen-bond donors (Lipinski definition) is 0. The van der Waals surface area contributed by atoms with Crippen LogP contribution in [0.1, 0.15) is 17.3 Å². The largest absolute Gasteiger partial charge is 0.462 e. The first kappa shape index (κ1) is 10.6. The number of hydrogen-bond acceptors (Lipinski definition) is 2. The van der Waals surface area contributed by atoms with Gasteiger partial charge in [0, 0.05) is 0 Å². The molecule has 0 bridgehead atoms. The SMILES string of the molecule is CCOC(=O)c1ccc2ccc(F)cc2c1. The van der Waals surface area contributed by atoms with Gasteiger partial charge >= 0.3 is 5.97 Å². The lowest BCUT2D eigenvalue weighted by Crippen LogP contribution is -2.04. The highest BCUT2D eigenvalue weighted by Gasteiger charge is 2.06. The maximum atomic E-state index is 13.0. The molecule has 0 aliphatic heterocycles.